The average Bonchev–Trinajstić information content (AvgIpc) is 3.13. The molecule has 0 radical (unpaired) electrons. The molecule has 1 amide bonds. The molecule has 1 fully saturated rings. The number of amides is 1. The van der Waals surface area contributed by atoms with Crippen molar-refractivity contribution < 1.29 is 9.18 Å². The maximum absolute atomic E-state index is 14.1. The van der Waals surface area contributed by atoms with Crippen LogP contribution in [0, 0.1) is 0 Å². The van der Waals surface area contributed by atoms with Gasteiger partial charge in [-0.2, -0.15) is 5.10 Å². The van der Waals surface area contributed by atoms with Gasteiger partial charge in [0.25, 0.3) is 11.5 Å². The van der Waals surface area contributed by atoms with Gasteiger partial charge in [-0.3, -0.25) is 14.9 Å². The molecule has 1 aliphatic rings. The molecule has 11 heteroatoms. The minimum absolute atomic E-state index is 0.0949. The number of aromatic nitrogens is 6. The van der Waals surface area contributed by atoms with Crippen LogP contribution in [0.25, 0.3) is 0 Å². The quantitative estimate of drug-likeness (QED) is 0.873. The van der Waals surface area contributed by atoms with Gasteiger partial charge in [0.1, 0.15) is 6.17 Å². The van der Waals surface area contributed by atoms with Gasteiger partial charge in [0.2, 0.25) is 5.95 Å². The maximum atomic E-state index is 14.1. The molecule has 2 aromatic rings. The lowest BCUT2D eigenvalue weighted by Gasteiger charge is -2.16. The fourth-order valence-electron chi connectivity index (χ4n) is 2.84. The Morgan fingerprint density at radius 1 is 1.33 bits per heavy atom. The molecule has 0 aliphatic heterocycles. The summed E-state index contributed by atoms with van der Waals surface area (Å²) in [6.45, 7) is 0. The number of nitrogens with zero attached hydrogens (tertiary/aromatic N) is 6. The van der Waals surface area contributed by atoms with Gasteiger partial charge in [-0.05, 0) is 29.7 Å². The molecule has 2 unspecified atom stereocenters. The number of alkyl halides is 1. The Hall–Kier alpha value is -2.36. The minimum atomic E-state index is -1.16. The third-order valence-electron chi connectivity index (χ3n) is 4.08. The van der Waals surface area contributed by atoms with Gasteiger partial charge in [-0.15, -0.1) is 0 Å². The summed E-state index contributed by atoms with van der Waals surface area (Å²) >= 11 is 6.24. The first kappa shape index (κ1) is 16.5. The van der Waals surface area contributed by atoms with Crippen LogP contribution in [-0.4, -0.2) is 42.1 Å². The summed E-state index contributed by atoms with van der Waals surface area (Å²) in [7, 11) is 2.94. The van der Waals surface area contributed by atoms with Gasteiger partial charge in [0.05, 0.1) is 5.02 Å². The van der Waals surface area contributed by atoms with Crippen molar-refractivity contribution in [2.24, 2.45) is 14.1 Å². The molecule has 0 spiro atoms. The normalized spacial score (nSPS) is 20.3. The number of carbonyl (C=O) groups excluding carboxylic acids is 1. The van der Waals surface area contributed by atoms with Gasteiger partial charge in [-0.25, -0.2) is 13.8 Å². The van der Waals surface area contributed by atoms with Crippen molar-refractivity contribution in [3.8, 4) is 0 Å². The average molecular weight is 356 g/mol. The van der Waals surface area contributed by atoms with Crippen molar-refractivity contribution in [1.82, 2.24) is 30.0 Å². The standard InChI is InChI=1S/C13H15ClFN7O2/c1-21-12(24)8(6-4-3-5-7(6)15)9(14)10(18-21)11(23)16-13-17-19-20-22(13)2/h6-7H,3-5H2,1-2H3,(H,16,17,20,23). The van der Waals surface area contributed by atoms with Crippen LogP contribution in [0.5, 0.6) is 0 Å². The molecule has 2 heterocycles. The number of rotatable bonds is 3. The van der Waals surface area contributed by atoms with Crippen LogP contribution in [0.15, 0.2) is 4.79 Å². The Kier molecular flexibility index (Phi) is 4.31. The van der Waals surface area contributed by atoms with E-state index in [2.05, 4.69) is 25.9 Å². The zero-order valence-corrected chi connectivity index (χ0v) is 13.8. The van der Waals surface area contributed by atoms with E-state index in [1.807, 2.05) is 0 Å². The van der Waals surface area contributed by atoms with E-state index in [9.17, 15) is 14.0 Å². The molecule has 1 N–H and O–H groups in total. The molecule has 2 atom stereocenters. The number of tetrazole rings is 1. The second-order valence-corrected chi connectivity index (χ2v) is 6.02. The summed E-state index contributed by atoms with van der Waals surface area (Å²) in [5.74, 6) is -1.21. The smallest absolute Gasteiger partial charge is 0.280 e. The molecule has 2 aromatic heterocycles. The first-order chi connectivity index (χ1) is 11.4. The number of anilines is 1. The lowest BCUT2D eigenvalue weighted by molar-refractivity contribution is 0.101. The van der Waals surface area contributed by atoms with Crippen molar-refractivity contribution in [3.63, 3.8) is 0 Å². The first-order valence-corrected chi connectivity index (χ1v) is 7.72. The highest BCUT2D eigenvalue weighted by molar-refractivity contribution is 6.34. The summed E-state index contributed by atoms with van der Waals surface area (Å²) in [4.78, 5) is 24.8. The molecular weight excluding hydrogens is 341 g/mol. The van der Waals surface area contributed by atoms with Gasteiger partial charge in [0.15, 0.2) is 5.69 Å². The van der Waals surface area contributed by atoms with Gasteiger partial charge in [0, 0.05) is 25.6 Å². The van der Waals surface area contributed by atoms with Gasteiger partial charge in [-0.1, -0.05) is 16.7 Å². The predicted molar refractivity (Wildman–Crippen MR) is 82.7 cm³/mol. The van der Waals surface area contributed by atoms with Crippen LogP contribution in [-0.2, 0) is 14.1 Å². The van der Waals surface area contributed by atoms with E-state index < -0.39 is 23.6 Å². The minimum Gasteiger partial charge on any atom is -0.288 e. The number of halogens is 2. The third-order valence-corrected chi connectivity index (χ3v) is 4.46. The molecule has 3 rings (SSSR count). The lowest BCUT2D eigenvalue weighted by atomic mass is 9.97. The molecule has 9 nitrogen and oxygen atoms in total. The van der Waals surface area contributed by atoms with E-state index in [1.165, 1.54) is 11.7 Å². The first-order valence-electron chi connectivity index (χ1n) is 7.34. The molecule has 1 aliphatic carbocycles. The molecule has 0 saturated heterocycles. The molecule has 1 saturated carbocycles. The third kappa shape index (κ3) is 2.77. The van der Waals surface area contributed by atoms with Crippen LogP contribution in [0.1, 0.15) is 41.2 Å². The van der Waals surface area contributed by atoms with Crippen LogP contribution in [0.2, 0.25) is 5.02 Å². The molecule has 0 aromatic carbocycles. The number of hydrogen-bond donors (Lipinski definition) is 1. The van der Waals surface area contributed by atoms with E-state index in [0.717, 1.165) is 4.68 Å². The van der Waals surface area contributed by atoms with E-state index in [1.54, 1.807) is 7.05 Å². The molecular formula is C13H15ClFN7O2. The summed E-state index contributed by atoms with van der Waals surface area (Å²) in [5.41, 5.74) is -0.567. The Balaban J connectivity index is 2.02. The second-order valence-electron chi connectivity index (χ2n) is 5.64. The van der Waals surface area contributed by atoms with Crippen molar-refractivity contribution in [1.29, 1.82) is 0 Å². The second kappa shape index (κ2) is 6.27. The topological polar surface area (TPSA) is 108 Å². The zero-order chi connectivity index (χ0) is 17.4. The van der Waals surface area contributed by atoms with Crippen LogP contribution < -0.4 is 10.9 Å². The predicted octanol–water partition coefficient (Wildman–Crippen LogP) is 0.815. The summed E-state index contributed by atoms with van der Waals surface area (Å²) in [6, 6.07) is 0. The summed E-state index contributed by atoms with van der Waals surface area (Å²) in [6.07, 6.45) is 0.392. The van der Waals surface area contributed by atoms with Gasteiger partial charge >= 0.3 is 0 Å². The van der Waals surface area contributed by atoms with E-state index in [4.69, 9.17) is 11.6 Å². The van der Waals surface area contributed by atoms with Crippen LogP contribution >= 0.6 is 11.6 Å². The molecule has 0 bridgehead atoms. The number of carbonyl (C=O) groups is 1. The summed E-state index contributed by atoms with van der Waals surface area (Å²) in [5, 5.41) is 16.9. The highest BCUT2D eigenvalue weighted by atomic mass is 35.5. The largest absolute Gasteiger partial charge is 0.288 e. The molecule has 24 heavy (non-hydrogen) atoms. The fourth-order valence-corrected chi connectivity index (χ4v) is 3.18. The number of hydrogen-bond acceptors (Lipinski definition) is 6. The SMILES string of the molecule is Cn1nnnc1NC(=O)c1nn(C)c(=O)c(C2CCCC2F)c1Cl. The lowest BCUT2D eigenvalue weighted by Crippen LogP contribution is -2.31. The van der Waals surface area contributed by atoms with Crippen LogP contribution in [0.4, 0.5) is 10.3 Å². The monoisotopic (exact) mass is 355 g/mol. The van der Waals surface area contributed by atoms with E-state index >= 15 is 0 Å². The highest BCUT2D eigenvalue weighted by Crippen LogP contribution is 2.38. The van der Waals surface area contributed by atoms with Crippen molar-refractivity contribution in [2.45, 2.75) is 31.4 Å². The Morgan fingerprint density at radius 3 is 2.67 bits per heavy atom. The van der Waals surface area contributed by atoms with E-state index in [0.29, 0.717) is 19.3 Å². The van der Waals surface area contributed by atoms with Crippen LogP contribution in [0.3, 0.4) is 0 Å². The fraction of sp³-hybridized carbons (Fsp3) is 0.538. The molecule has 128 valence electrons. The Bertz CT molecular complexity index is 849. The zero-order valence-electron chi connectivity index (χ0n) is 13.0. The maximum Gasteiger partial charge on any atom is 0.280 e. The van der Waals surface area contributed by atoms with E-state index in [-0.39, 0.29) is 22.2 Å². The summed E-state index contributed by atoms with van der Waals surface area (Å²) < 4.78 is 16.3. The van der Waals surface area contributed by atoms with Crippen molar-refractivity contribution in [3.05, 3.63) is 26.6 Å². The number of nitrogens with one attached hydrogen (secondary N) is 1. The van der Waals surface area contributed by atoms with Crippen molar-refractivity contribution >= 4 is 23.5 Å². The Labute approximate surface area is 140 Å². The highest BCUT2D eigenvalue weighted by Gasteiger charge is 2.34. The Morgan fingerprint density at radius 2 is 2.08 bits per heavy atom. The number of aryl methyl sites for hydroxylation is 2. The van der Waals surface area contributed by atoms with Crippen molar-refractivity contribution in [2.75, 3.05) is 5.32 Å². The van der Waals surface area contributed by atoms with Gasteiger partial charge < -0.3 is 0 Å².